The van der Waals surface area contributed by atoms with Crippen molar-refractivity contribution in [3.63, 3.8) is 0 Å². The summed E-state index contributed by atoms with van der Waals surface area (Å²) in [7, 11) is -3.47. The maximum Gasteiger partial charge on any atom is 0.215 e. The molecule has 0 spiro atoms. The van der Waals surface area contributed by atoms with Crippen LogP contribution in [0.25, 0.3) is 0 Å². The van der Waals surface area contributed by atoms with Crippen LogP contribution in [0.2, 0.25) is 0 Å². The van der Waals surface area contributed by atoms with Crippen molar-refractivity contribution >= 4 is 10.0 Å². The minimum atomic E-state index is -3.47. The third-order valence-corrected chi connectivity index (χ3v) is 5.13. The maximum atomic E-state index is 12.1. The fraction of sp³-hybridized carbons (Fsp3) is 0.533. The van der Waals surface area contributed by atoms with E-state index in [1.54, 1.807) is 24.3 Å². The van der Waals surface area contributed by atoms with Crippen molar-refractivity contribution in [2.45, 2.75) is 37.5 Å². The van der Waals surface area contributed by atoms with E-state index in [9.17, 15) is 13.5 Å². The molecule has 0 bridgehead atoms. The molecule has 6 heteroatoms. The molecule has 0 heterocycles. The molecule has 1 aromatic carbocycles. The summed E-state index contributed by atoms with van der Waals surface area (Å²) in [5.41, 5.74) is 0.896. The molecule has 2 rings (SSSR count). The number of hydrogen-bond donors (Lipinski definition) is 2. The molecule has 0 radical (unpaired) electrons. The largest absolute Gasteiger partial charge is 0.393 e. The number of aliphatic hydroxyl groups is 1. The summed E-state index contributed by atoms with van der Waals surface area (Å²) in [5, 5.41) is 18.6. The van der Waals surface area contributed by atoms with Gasteiger partial charge in [-0.15, -0.1) is 0 Å². The Morgan fingerprint density at radius 3 is 2.81 bits per heavy atom. The van der Waals surface area contributed by atoms with Gasteiger partial charge < -0.3 is 5.11 Å². The van der Waals surface area contributed by atoms with E-state index in [1.807, 2.05) is 6.07 Å². The molecule has 1 aliphatic rings. The van der Waals surface area contributed by atoms with Gasteiger partial charge in [-0.2, -0.15) is 5.26 Å². The highest BCUT2D eigenvalue weighted by Gasteiger charge is 2.22. The van der Waals surface area contributed by atoms with E-state index < -0.39 is 10.0 Å². The first kappa shape index (κ1) is 16.0. The summed E-state index contributed by atoms with van der Waals surface area (Å²) >= 11 is 0. The number of benzene rings is 1. The lowest BCUT2D eigenvalue weighted by Crippen LogP contribution is -2.33. The van der Waals surface area contributed by atoms with Gasteiger partial charge in [-0.3, -0.25) is 0 Å². The molecule has 21 heavy (non-hydrogen) atoms. The Morgan fingerprint density at radius 2 is 2.10 bits per heavy atom. The fourth-order valence-electron chi connectivity index (χ4n) is 2.70. The van der Waals surface area contributed by atoms with Crippen LogP contribution in [0.3, 0.4) is 0 Å². The first-order chi connectivity index (χ1) is 10.00. The number of rotatable bonds is 5. The van der Waals surface area contributed by atoms with Crippen molar-refractivity contribution in [3.05, 3.63) is 35.4 Å². The molecule has 1 saturated carbocycles. The number of aliphatic hydroxyl groups excluding tert-OH is 1. The second-order valence-electron chi connectivity index (χ2n) is 5.56. The SMILES string of the molecule is N#Cc1ccccc1CS(=O)(=O)NCC1CCCC(O)C1. The molecule has 2 atom stereocenters. The standard InChI is InChI=1S/C15H20N2O3S/c16-9-13-5-1-2-6-14(13)11-21(19,20)17-10-12-4-3-7-15(18)8-12/h1-2,5-6,12,15,17-18H,3-4,7-8,10-11H2. The Kier molecular flexibility index (Phi) is 5.34. The zero-order valence-electron chi connectivity index (χ0n) is 11.8. The average molecular weight is 308 g/mol. The van der Waals surface area contributed by atoms with Gasteiger partial charge in [0.25, 0.3) is 0 Å². The van der Waals surface area contributed by atoms with E-state index in [-0.39, 0.29) is 17.8 Å². The number of nitrogens with one attached hydrogen (secondary N) is 1. The van der Waals surface area contributed by atoms with Gasteiger partial charge in [-0.25, -0.2) is 13.1 Å². The summed E-state index contributed by atoms with van der Waals surface area (Å²) in [5.74, 6) is 0.00108. The van der Waals surface area contributed by atoms with Gasteiger partial charge in [-0.1, -0.05) is 24.6 Å². The lowest BCUT2D eigenvalue weighted by Gasteiger charge is -2.25. The lowest BCUT2D eigenvalue weighted by atomic mass is 9.87. The number of hydrogen-bond acceptors (Lipinski definition) is 4. The molecule has 1 fully saturated rings. The molecule has 0 aliphatic heterocycles. The lowest BCUT2D eigenvalue weighted by molar-refractivity contribution is 0.102. The van der Waals surface area contributed by atoms with Crippen molar-refractivity contribution in [1.82, 2.24) is 4.72 Å². The zero-order chi connectivity index (χ0) is 15.3. The molecular formula is C15H20N2O3S. The minimum Gasteiger partial charge on any atom is -0.393 e. The van der Waals surface area contributed by atoms with E-state index in [0.29, 0.717) is 24.1 Å². The highest BCUT2D eigenvalue weighted by Crippen LogP contribution is 2.23. The first-order valence-corrected chi connectivity index (χ1v) is 8.79. The van der Waals surface area contributed by atoms with Gasteiger partial charge in [0.15, 0.2) is 0 Å². The predicted molar refractivity (Wildman–Crippen MR) is 79.7 cm³/mol. The Hall–Kier alpha value is -1.42. The fourth-order valence-corrected chi connectivity index (χ4v) is 3.96. The third-order valence-electron chi connectivity index (χ3n) is 3.83. The van der Waals surface area contributed by atoms with Gasteiger partial charge >= 0.3 is 0 Å². The molecule has 1 aromatic rings. The van der Waals surface area contributed by atoms with Crippen molar-refractivity contribution < 1.29 is 13.5 Å². The van der Waals surface area contributed by atoms with E-state index in [1.165, 1.54) is 0 Å². The Balaban J connectivity index is 1.94. The van der Waals surface area contributed by atoms with Crippen molar-refractivity contribution in [1.29, 1.82) is 5.26 Å². The van der Waals surface area contributed by atoms with Crippen LogP contribution in [-0.4, -0.2) is 26.2 Å². The molecule has 0 saturated heterocycles. The van der Waals surface area contributed by atoms with Crippen LogP contribution in [0.1, 0.15) is 36.8 Å². The summed E-state index contributed by atoms with van der Waals surface area (Å²) in [4.78, 5) is 0. The molecule has 2 unspecified atom stereocenters. The van der Waals surface area contributed by atoms with E-state index in [2.05, 4.69) is 4.72 Å². The van der Waals surface area contributed by atoms with Crippen molar-refractivity contribution in [3.8, 4) is 6.07 Å². The van der Waals surface area contributed by atoms with E-state index in [0.717, 1.165) is 19.3 Å². The zero-order valence-corrected chi connectivity index (χ0v) is 12.6. The van der Waals surface area contributed by atoms with Gasteiger partial charge in [0.2, 0.25) is 10.0 Å². The van der Waals surface area contributed by atoms with Crippen LogP contribution in [0.5, 0.6) is 0 Å². The number of nitrogens with zero attached hydrogens (tertiary/aromatic N) is 1. The van der Waals surface area contributed by atoms with Crippen LogP contribution >= 0.6 is 0 Å². The normalized spacial score (nSPS) is 22.7. The molecule has 1 aliphatic carbocycles. The van der Waals surface area contributed by atoms with E-state index >= 15 is 0 Å². The van der Waals surface area contributed by atoms with Crippen LogP contribution in [0.15, 0.2) is 24.3 Å². The van der Waals surface area contributed by atoms with Crippen LogP contribution in [-0.2, 0) is 15.8 Å². The first-order valence-electron chi connectivity index (χ1n) is 7.13. The monoisotopic (exact) mass is 308 g/mol. The van der Waals surface area contributed by atoms with E-state index in [4.69, 9.17) is 5.26 Å². The van der Waals surface area contributed by atoms with Crippen LogP contribution in [0.4, 0.5) is 0 Å². The minimum absolute atomic E-state index is 0.188. The summed E-state index contributed by atoms with van der Waals surface area (Å²) in [6.45, 7) is 0.355. The Morgan fingerprint density at radius 1 is 1.33 bits per heavy atom. The third kappa shape index (κ3) is 4.81. The van der Waals surface area contributed by atoms with Gasteiger partial charge in [-0.05, 0) is 36.8 Å². The van der Waals surface area contributed by atoms with Gasteiger partial charge in [0, 0.05) is 6.54 Å². The molecule has 5 nitrogen and oxygen atoms in total. The Labute approximate surface area is 125 Å². The molecule has 114 valence electrons. The predicted octanol–water partition coefficient (Wildman–Crippen LogP) is 1.53. The number of sulfonamides is 1. The molecule has 0 amide bonds. The Bertz CT molecular complexity index is 622. The quantitative estimate of drug-likeness (QED) is 0.863. The van der Waals surface area contributed by atoms with Gasteiger partial charge in [0.05, 0.1) is 23.5 Å². The van der Waals surface area contributed by atoms with Crippen molar-refractivity contribution in [2.75, 3.05) is 6.54 Å². The van der Waals surface area contributed by atoms with Crippen LogP contribution < -0.4 is 4.72 Å². The summed E-state index contributed by atoms with van der Waals surface area (Å²) in [6.07, 6.45) is 3.02. The topological polar surface area (TPSA) is 90.2 Å². The molecular weight excluding hydrogens is 288 g/mol. The molecule has 0 aromatic heterocycles. The number of nitriles is 1. The van der Waals surface area contributed by atoms with Crippen molar-refractivity contribution in [2.24, 2.45) is 5.92 Å². The smallest absolute Gasteiger partial charge is 0.215 e. The summed E-state index contributed by atoms with van der Waals surface area (Å²) < 4.78 is 26.8. The highest BCUT2D eigenvalue weighted by atomic mass is 32.2. The molecule has 2 N–H and O–H groups in total. The van der Waals surface area contributed by atoms with Crippen LogP contribution in [0, 0.1) is 17.2 Å². The highest BCUT2D eigenvalue weighted by molar-refractivity contribution is 7.88. The maximum absolute atomic E-state index is 12.1. The second kappa shape index (κ2) is 7.03. The van der Waals surface area contributed by atoms with Gasteiger partial charge in [0.1, 0.15) is 0 Å². The second-order valence-corrected chi connectivity index (χ2v) is 7.37. The summed E-state index contributed by atoms with van der Waals surface area (Å²) in [6, 6.07) is 8.71. The average Bonchev–Trinajstić information content (AvgIpc) is 2.46.